The number of ether oxygens (including phenoxy) is 3. The van der Waals surface area contributed by atoms with Crippen LogP contribution in [0.2, 0.25) is 0 Å². The van der Waals surface area contributed by atoms with Crippen LogP contribution in [-0.4, -0.2) is 168 Å². The summed E-state index contributed by atoms with van der Waals surface area (Å²) in [6.45, 7) is 8.09. The Morgan fingerprint density at radius 1 is 0.544 bits per heavy atom. The highest BCUT2D eigenvalue weighted by molar-refractivity contribution is 5.68. The second-order valence-electron chi connectivity index (χ2n) is 15.5. The number of nitrogens with zero attached hydrogens (tertiary/aromatic N) is 5. The first-order valence-corrected chi connectivity index (χ1v) is 20.5. The van der Waals surface area contributed by atoms with Crippen molar-refractivity contribution in [1.82, 2.24) is 20.0 Å². The van der Waals surface area contributed by atoms with Crippen molar-refractivity contribution < 1.29 is 103 Å². The van der Waals surface area contributed by atoms with Crippen molar-refractivity contribution in [2.24, 2.45) is 0 Å². The van der Waals surface area contributed by atoms with E-state index in [1.807, 2.05) is 4.90 Å². The normalized spacial score (nSPS) is 18.8. The topological polar surface area (TPSA) is 93.2 Å². The van der Waals surface area contributed by atoms with Crippen molar-refractivity contribution in [1.29, 1.82) is 0 Å². The van der Waals surface area contributed by atoms with E-state index in [9.17, 15) is 83.8 Å². The number of halogens is 18. The minimum absolute atomic E-state index is 0.0708. The zero-order chi connectivity index (χ0) is 50.9. The first-order chi connectivity index (χ1) is 31.4. The molecular weight excluding hydrogens is 974 g/mol. The van der Waals surface area contributed by atoms with Crippen LogP contribution in [0.15, 0.2) is 36.4 Å². The maximum Gasteiger partial charge on any atom is 0.434 e. The van der Waals surface area contributed by atoms with Crippen LogP contribution in [0, 0.1) is 0 Å². The number of piperazine rings is 2. The highest BCUT2D eigenvalue weighted by Crippen LogP contribution is 2.38. The number of carbonyl (C=O) groups is 1. The van der Waals surface area contributed by atoms with Gasteiger partial charge >= 0.3 is 43.2 Å². The lowest BCUT2D eigenvalue weighted by Crippen LogP contribution is -2.52. The van der Waals surface area contributed by atoms with Crippen LogP contribution in [0.4, 0.5) is 95.2 Å². The fourth-order valence-corrected chi connectivity index (χ4v) is 7.06. The molecule has 4 fully saturated rings. The number of rotatable bonds is 7. The van der Waals surface area contributed by atoms with E-state index >= 15 is 0 Å². The molecule has 0 unspecified atom stereocenters. The molecule has 4 saturated heterocycles. The van der Waals surface area contributed by atoms with E-state index in [-0.39, 0.29) is 32.7 Å². The minimum atomic E-state index is -5.81. The lowest BCUT2D eigenvalue weighted by atomic mass is 10.1. The number of anilines is 2. The van der Waals surface area contributed by atoms with Gasteiger partial charge in [-0.1, -0.05) is 12.1 Å². The van der Waals surface area contributed by atoms with Gasteiger partial charge in [-0.3, -0.25) is 9.80 Å². The zero-order valence-corrected chi connectivity index (χ0v) is 35.5. The summed E-state index contributed by atoms with van der Waals surface area (Å²) in [7, 11) is 0. The molecule has 2 N–H and O–H groups in total. The molecule has 2 aromatic carbocycles. The number of hydrogen-bond donors (Lipinski definition) is 2. The molecule has 388 valence electrons. The predicted octanol–water partition coefficient (Wildman–Crippen LogP) is 7.71. The van der Waals surface area contributed by atoms with E-state index in [0.29, 0.717) is 76.1 Å². The fraction of sp³-hybridized carbons (Fsp3) is 0.667. The SMILES string of the molecule is FC(F)(F)c1ccc(CN2CCNCC2)c(N2CCOCC2)c1.O=C(OC(C(F)(F)F)C(F)(F)F)N1CCN(Cc2ccc(C(F)(F)F)cc2N2CCOCC2)CC1.OC(C(F)(F)F)C(F)(F)F. The van der Waals surface area contributed by atoms with Crippen molar-refractivity contribution in [2.75, 3.05) is 115 Å². The Labute approximate surface area is 376 Å². The predicted molar refractivity (Wildman–Crippen MR) is 204 cm³/mol. The van der Waals surface area contributed by atoms with E-state index in [4.69, 9.17) is 14.6 Å². The lowest BCUT2D eigenvalue weighted by Gasteiger charge is -2.36. The number of aliphatic hydroxyl groups is 1. The van der Waals surface area contributed by atoms with Gasteiger partial charge in [0.1, 0.15) is 0 Å². The van der Waals surface area contributed by atoms with Gasteiger partial charge in [0, 0.05) is 103 Å². The number of alkyl halides is 18. The molecule has 2 aromatic rings. The van der Waals surface area contributed by atoms with Crippen LogP contribution < -0.4 is 15.1 Å². The molecule has 0 saturated carbocycles. The van der Waals surface area contributed by atoms with Crippen molar-refractivity contribution in [3.05, 3.63) is 58.7 Å². The molecule has 29 heteroatoms. The number of amides is 1. The standard InChI is InChI=1S/C20H22F9N3O3.C16H22F3N3O.C3H2F6O/c21-18(22,23)14-2-1-13(15(11-14)31-7-9-34-10-8-31)12-30-3-5-32(6-4-30)17(33)35-16(19(24,25)26)20(27,28)29;17-16(18,19)14-2-1-13(12-21-5-3-20-4-6-21)15(11-14)22-7-9-23-10-8-22;4-2(5,6)1(10)3(7,8)9/h1-2,11,16H,3-10,12H2;1-2,11,20H,3-10,12H2;1,10H. The Bertz CT molecular complexity index is 1860. The second kappa shape index (κ2) is 23.2. The summed E-state index contributed by atoms with van der Waals surface area (Å²) in [5.41, 5.74) is 1.18. The molecular formula is C39H46F18N6O5. The van der Waals surface area contributed by atoms with E-state index in [2.05, 4.69) is 15.0 Å². The molecule has 1 amide bonds. The summed E-state index contributed by atoms with van der Waals surface area (Å²) in [6, 6.07) is 7.45. The van der Waals surface area contributed by atoms with Crippen LogP contribution in [0.3, 0.4) is 0 Å². The van der Waals surface area contributed by atoms with Gasteiger partial charge in [0.05, 0.1) is 37.6 Å². The summed E-state index contributed by atoms with van der Waals surface area (Å²) in [5, 5.41) is 10.8. The maximum absolute atomic E-state index is 13.2. The molecule has 0 radical (unpaired) electrons. The zero-order valence-electron chi connectivity index (χ0n) is 35.5. The smallest absolute Gasteiger partial charge is 0.426 e. The molecule has 11 nitrogen and oxygen atoms in total. The van der Waals surface area contributed by atoms with Crippen LogP contribution in [0.25, 0.3) is 0 Å². The Kier molecular flexibility index (Phi) is 19.2. The van der Waals surface area contributed by atoms with E-state index in [1.165, 1.54) is 18.2 Å². The molecule has 0 aliphatic carbocycles. The molecule has 0 spiro atoms. The van der Waals surface area contributed by atoms with Gasteiger partial charge in [0.15, 0.2) is 0 Å². The number of carbonyl (C=O) groups excluding carboxylic acids is 1. The van der Waals surface area contributed by atoms with Gasteiger partial charge in [0.25, 0.3) is 6.10 Å². The average Bonchev–Trinajstić information content (AvgIpc) is 3.25. The van der Waals surface area contributed by atoms with Crippen LogP contribution in [0.5, 0.6) is 0 Å². The Morgan fingerprint density at radius 2 is 0.912 bits per heavy atom. The Balaban J connectivity index is 0.000000260. The van der Waals surface area contributed by atoms with E-state index in [1.54, 1.807) is 15.9 Å². The average molecular weight is 1020 g/mol. The highest BCUT2D eigenvalue weighted by Gasteiger charge is 2.60. The summed E-state index contributed by atoms with van der Waals surface area (Å²) in [5.74, 6) is 0. The third kappa shape index (κ3) is 17.0. The summed E-state index contributed by atoms with van der Waals surface area (Å²) in [4.78, 5) is 20.4. The molecule has 68 heavy (non-hydrogen) atoms. The monoisotopic (exact) mass is 1020 g/mol. The molecule has 4 heterocycles. The second-order valence-corrected chi connectivity index (χ2v) is 15.5. The molecule has 0 atom stereocenters. The quantitative estimate of drug-likeness (QED) is 0.269. The van der Waals surface area contributed by atoms with Crippen LogP contribution >= 0.6 is 0 Å². The Morgan fingerprint density at radius 3 is 1.24 bits per heavy atom. The third-order valence-corrected chi connectivity index (χ3v) is 10.6. The van der Waals surface area contributed by atoms with Crippen LogP contribution in [0.1, 0.15) is 22.3 Å². The number of benzene rings is 2. The maximum atomic E-state index is 13.2. The number of morpholine rings is 2. The van der Waals surface area contributed by atoms with Gasteiger partial charge in [-0.25, -0.2) is 4.79 Å². The minimum Gasteiger partial charge on any atom is -0.426 e. The van der Waals surface area contributed by atoms with Crippen molar-refractivity contribution in [3.63, 3.8) is 0 Å². The van der Waals surface area contributed by atoms with Gasteiger partial charge < -0.3 is 39.3 Å². The van der Waals surface area contributed by atoms with Gasteiger partial charge in [-0.05, 0) is 35.4 Å². The first kappa shape index (κ1) is 56.4. The first-order valence-electron chi connectivity index (χ1n) is 20.5. The van der Waals surface area contributed by atoms with Crippen molar-refractivity contribution >= 4 is 17.5 Å². The lowest BCUT2D eigenvalue weighted by molar-refractivity contribution is -0.309. The van der Waals surface area contributed by atoms with E-state index in [0.717, 1.165) is 48.8 Å². The number of nitrogens with one attached hydrogen (secondary N) is 1. The van der Waals surface area contributed by atoms with Gasteiger partial charge in [-0.2, -0.15) is 79.0 Å². The summed E-state index contributed by atoms with van der Waals surface area (Å²) < 4.78 is 235. The van der Waals surface area contributed by atoms with E-state index < -0.39 is 66.5 Å². The molecule has 0 aromatic heterocycles. The van der Waals surface area contributed by atoms with Crippen molar-refractivity contribution in [2.45, 2.75) is 62.4 Å². The molecule has 4 aliphatic rings. The van der Waals surface area contributed by atoms with Crippen LogP contribution in [-0.2, 0) is 39.7 Å². The third-order valence-electron chi connectivity index (χ3n) is 10.6. The van der Waals surface area contributed by atoms with Crippen molar-refractivity contribution in [3.8, 4) is 0 Å². The summed E-state index contributed by atoms with van der Waals surface area (Å²) in [6.07, 6.45) is -41.9. The molecule has 4 aliphatic heterocycles. The molecule has 6 rings (SSSR count). The number of hydrogen-bond acceptors (Lipinski definition) is 10. The largest absolute Gasteiger partial charge is 0.434 e. The van der Waals surface area contributed by atoms with Gasteiger partial charge in [0.2, 0.25) is 6.10 Å². The highest BCUT2D eigenvalue weighted by atomic mass is 19.4. The van der Waals surface area contributed by atoms with Gasteiger partial charge in [-0.15, -0.1) is 0 Å². The number of aliphatic hydroxyl groups excluding tert-OH is 1. The Hall–Kier alpha value is -4.19. The molecule has 0 bridgehead atoms. The fourth-order valence-electron chi connectivity index (χ4n) is 7.06. The summed E-state index contributed by atoms with van der Waals surface area (Å²) >= 11 is 0.